The number of aliphatic hydroxyl groups excluding tert-OH is 1. The predicted octanol–water partition coefficient (Wildman–Crippen LogP) is 2.00. The van der Waals surface area contributed by atoms with Crippen LogP contribution in [0.25, 0.3) is 0 Å². The Labute approximate surface area is 101 Å². The minimum atomic E-state index is -0.659. The molecule has 96 valence electrons. The first kappa shape index (κ1) is 13.9. The summed E-state index contributed by atoms with van der Waals surface area (Å²) >= 11 is 0. The highest BCUT2D eigenvalue weighted by molar-refractivity contribution is 5.32. The zero-order valence-corrected chi connectivity index (χ0v) is 10.5. The fourth-order valence-corrected chi connectivity index (χ4v) is 1.72. The Morgan fingerprint density at radius 1 is 1.53 bits per heavy atom. The molecule has 0 saturated heterocycles. The van der Waals surface area contributed by atoms with E-state index in [9.17, 15) is 4.39 Å². The lowest BCUT2D eigenvalue weighted by Gasteiger charge is -2.26. The number of hydrogen-bond donors (Lipinski definition) is 2. The Hall–Kier alpha value is -1.13. The van der Waals surface area contributed by atoms with Gasteiger partial charge in [0, 0.05) is 12.0 Å². The molecule has 2 unspecified atom stereocenters. The zero-order chi connectivity index (χ0) is 13.1. The van der Waals surface area contributed by atoms with Crippen LogP contribution in [-0.4, -0.2) is 23.4 Å². The molecule has 1 aromatic carbocycles. The molecule has 4 heteroatoms. The van der Waals surface area contributed by atoms with E-state index in [2.05, 4.69) is 0 Å². The highest BCUT2D eigenvalue weighted by Crippen LogP contribution is 2.21. The van der Waals surface area contributed by atoms with Crippen LogP contribution in [-0.2, 0) is 0 Å². The molecule has 0 amide bonds. The Morgan fingerprint density at radius 2 is 2.18 bits per heavy atom. The van der Waals surface area contributed by atoms with Crippen LogP contribution >= 0.6 is 0 Å². The molecule has 0 saturated carbocycles. The van der Waals surface area contributed by atoms with Gasteiger partial charge in [0.2, 0.25) is 0 Å². The summed E-state index contributed by atoms with van der Waals surface area (Å²) < 4.78 is 18.6. The minimum Gasteiger partial charge on any atom is -0.490 e. The molecule has 0 spiro atoms. The maximum Gasteiger partial charge on any atom is 0.123 e. The molecule has 0 aliphatic rings. The molecule has 17 heavy (non-hydrogen) atoms. The first-order valence-corrected chi connectivity index (χ1v) is 5.66. The van der Waals surface area contributed by atoms with Crippen molar-refractivity contribution in [2.75, 3.05) is 6.61 Å². The molecule has 1 aromatic rings. The van der Waals surface area contributed by atoms with Gasteiger partial charge in [-0.3, -0.25) is 0 Å². The fourth-order valence-electron chi connectivity index (χ4n) is 1.72. The minimum absolute atomic E-state index is 0.0941. The van der Waals surface area contributed by atoms with E-state index in [1.165, 1.54) is 12.1 Å². The van der Waals surface area contributed by atoms with Gasteiger partial charge < -0.3 is 15.6 Å². The fraction of sp³-hybridized carbons (Fsp3) is 0.538. The van der Waals surface area contributed by atoms with Crippen LogP contribution < -0.4 is 10.5 Å². The van der Waals surface area contributed by atoms with Crippen molar-refractivity contribution < 1.29 is 14.2 Å². The number of benzene rings is 1. The average Bonchev–Trinajstić information content (AvgIpc) is 2.21. The highest BCUT2D eigenvalue weighted by atomic mass is 19.1. The summed E-state index contributed by atoms with van der Waals surface area (Å²) in [5.74, 6) is 0.370. The average molecular weight is 241 g/mol. The first-order chi connectivity index (χ1) is 7.84. The third-order valence-corrected chi connectivity index (χ3v) is 2.58. The Balaban J connectivity index is 2.65. The summed E-state index contributed by atoms with van der Waals surface area (Å²) in [5, 5.41) is 9.07. The lowest BCUT2D eigenvalue weighted by atomic mass is 9.97. The monoisotopic (exact) mass is 241 g/mol. The van der Waals surface area contributed by atoms with Crippen LogP contribution in [0.1, 0.15) is 25.8 Å². The summed E-state index contributed by atoms with van der Waals surface area (Å²) in [4.78, 5) is 0. The largest absolute Gasteiger partial charge is 0.490 e. The lowest BCUT2D eigenvalue weighted by molar-refractivity contribution is 0.133. The van der Waals surface area contributed by atoms with Crippen LogP contribution in [0.15, 0.2) is 18.2 Å². The van der Waals surface area contributed by atoms with E-state index in [0.717, 1.165) is 5.56 Å². The first-order valence-electron chi connectivity index (χ1n) is 5.66. The van der Waals surface area contributed by atoms with Crippen molar-refractivity contribution in [1.29, 1.82) is 0 Å². The number of nitrogens with two attached hydrogens (primary N) is 1. The summed E-state index contributed by atoms with van der Waals surface area (Å²) in [6.45, 7) is 5.34. The van der Waals surface area contributed by atoms with Crippen LogP contribution in [0.3, 0.4) is 0 Å². The Bertz CT molecular complexity index is 380. The van der Waals surface area contributed by atoms with Crippen molar-refractivity contribution in [3.8, 4) is 5.75 Å². The molecule has 0 bridgehead atoms. The summed E-state index contributed by atoms with van der Waals surface area (Å²) in [6.07, 6.45) is 0.390. The van der Waals surface area contributed by atoms with Crippen molar-refractivity contribution in [1.82, 2.24) is 0 Å². The molecule has 0 aromatic heterocycles. The van der Waals surface area contributed by atoms with Gasteiger partial charge in [-0.1, -0.05) is 0 Å². The molecule has 0 fully saturated rings. The van der Waals surface area contributed by atoms with Crippen molar-refractivity contribution >= 4 is 0 Å². The van der Waals surface area contributed by atoms with Crippen LogP contribution in [0.4, 0.5) is 4.39 Å². The summed E-state index contributed by atoms with van der Waals surface area (Å²) in [6, 6.07) is 4.40. The zero-order valence-electron chi connectivity index (χ0n) is 10.5. The highest BCUT2D eigenvalue weighted by Gasteiger charge is 2.21. The lowest BCUT2D eigenvalue weighted by Crippen LogP contribution is -2.43. The van der Waals surface area contributed by atoms with E-state index in [1.807, 2.05) is 6.92 Å². The molecule has 0 aliphatic heterocycles. The van der Waals surface area contributed by atoms with E-state index in [-0.39, 0.29) is 18.5 Å². The number of ether oxygens (including phenoxy) is 1. The second kappa shape index (κ2) is 5.47. The molecule has 3 N–H and O–H groups in total. The Kier molecular flexibility index (Phi) is 4.48. The van der Waals surface area contributed by atoms with Gasteiger partial charge in [-0.25, -0.2) is 4.39 Å². The molecule has 0 heterocycles. The quantitative estimate of drug-likeness (QED) is 0.829. The van der Waals surface area contributed by atoms with Crippen LogP contribution in [0.5, 0.6) is 5.75 Å². The standard InChI is InChI=1S/C13H20FNO2/c1-9-6-11(14)4-5-12(9)17-10(2)7-13(3,15)8-16/h4-6,10,16H,7-8,15H2,1-3H3. The van der Waals surface area contributed by atoms with E-state index >= 15 is 0 Å². The third-order valence-electron chi connectivity index (χ3n) is 2.58. The number of halogens is 1. The van der Waals surface area contributed by atoms with E-state index in [0.29, 0.717) is 12.2 Å². The predicted molar refractivity (Wildman–Crippen MR) is 65.5 cm³/mol. The van der Waals surface area contributed by atoms with Gasteiger partial charge in [-0.05, 0) is 44.5 Å². The van der Waals surface area contributed by atoms with E-state index in [4.69, 9.17) is 15.6 Å². The molecular weight excluding hydrogens is 221 g/mol. The van der Waals surface area contributed by atoms with Gasteiger partial charge in [-0.15, -0.1) is 0 Å². The number of rotatable bonds is 5. The summed E-state index contributed by atoms with van der Waals surface area (Å²) in [7, 11) is 0. The second-order valence-corrected chi connectivity index (χ2v) is 4.85. The van der Waals surface area contributed by atoms with E-state index < -0.39 is 5.54 Å². The number of aliphatic hydroxyl groups is 1. The third kappa shape index (κ3) is 4.32. The molecule has 0 aliphatic carbocycles. The van der Waals surface area contributed by atoms with Crippen molar-refractivity contribution in [2.45, 2.75) is 38.8 Å². The maximum absolute atomic E-state index is 12.9. The van der Waals surface area contributed by atoms with Crippen molar-refractivity contribution in [3.63, 3.8) is 0 Å². The second-order valence-electron chi connectivity index (χ2n) is 4.85. The SMILES string of the molecule is Cc1cc(F)ccc1OC(C)CC(C)(N)CO. The normalized spacial score (nSPS) is 16.4. The number of hydrogen-bond acceptors (Lipinski definition) is 3. The molecule has 0 radical (unpaired) electrons. The van der Waals surface area contributed by atoms with Gasteiger partial charge >= 0.3 is 0 Å². The van der Waals surface area contributed by atoms with Gasteiger partial charge in [0.05, 0.1) is 12.7 Å². The van der Waals surface area contributed by atoms with Gasteiger partial charge in [-0.2, -0.15) is 0 Å². The van der Waals surface area contributed by atoms with Gasteiger partial charge in [0.1, 0.15) is 11.6 Å². The maximum atomic E-state index is 12.9. The molecular formula is C13H20FNO2. The number of aryl methyl sites for hydroxylation is 1. The van der Waals surface area contributed by atoms with Gasteiger partial charge in [0.15, 0.2) is 0 Å². The van der Waals surface area contributed by atoms with Crippen molar-refractivity contribution in [3.05, 3.63) is 29.6 Å². The summed E-state index contributed by atoms with van der Waals surface area (Å²) in [5.41, 5.74) is 5.93. The smallest absolute Gasteiger partial charge is 0.123 e. The van der Waals surface area contributed by atoms with Crippen LogP contribution in [0, 0.1) is 12.7 Å². The molecule has 3 nitrogen and oxygen atoms in total. The van der Waals surface area contributed by atoms with Crippen molar-refractivity contribution in [2.24, 2.45) is 5.73 Å². The topological polar surface area (TPSA) is 55.5 Å². The van der Waals surface area contributed by atoms with Gasteiger partial charge in [0.25, 0.3) is 0 Å². The Morgan fingerprint density at radius 3 is 2.71 bits per heavy atom. The molecule has 1 rings (SSSR count). The van der Waals surface area contributed by atoms with E-state index in [1.54, 1.807) is 19.9 Å². The van der Waals surface area contributed by atoms with Crippen LogP contribution in [0.2, 0.25) is 0 Å². The molecule has 2 atom stereocenters.